The zero-order valence-corrected chi connectivity index (χ0v) is 26.8. The van der Waals surface area contributed by atoms with Crippen molar-refractivity contribution in [3.05, 3.63) is 65.1 Å². The number of alkyl halides is 2. The second-order valence-corrected chi connectivity index (χ2v) is 13.5. The number of carbonyl (C=O) groups is 1. The molecular weight excluding hydrogens is 631 g/mol. The van der Waals surface area contributed by atoms with Gasteiger partial charge in [0.05, 0.1) is 48.4 Å². The van der Waals surface area contributed by atoms with Crippen LogP contribution in [0.25, 0.3) is 10.8 Å². The number of rotatable bonds is 7. The predicted molar refractivity (Wildman–Crippen MR) is 173 cm³/mol. The van der Waals surface area contributed by atoms with Crippen molar-refractivity contribution in [2.75, 3.05) is 49.6 Å². The molecule has 1 amide bonds. The van der Waals surface area contributed by atoms with Crippen LogP contribution in [-0.4, -0.2) is 89.1 Å². The third kappa shape index (κ3) is 5.84. The van der Waals surface area contributed by atoms with Crippen LogP contribution in [0.5, 0.6) is 6.01 Å². The zero-order chi connectivity index (χ0) is 33.1. The molecule has 47 heavy (non-hydrogen) atoms. The number of nitrogens with zero attached hydrogens (tertiary/aromatic N) is 7. The van der Waals surface area contributed by atoms with Crippen LogP contribution in [0.4, 0.5) is 24.7 Å². The lowest BCUT2D eigenvalue weighted by Crippen LogP contribution is -2.55. The molecule has 0 spiro atoms. The largest absolute Gasteiger partial charge is 0.455 e. The molecular formula is C34H35ClF3N7O2. The first kappa shape index (κ1) is 31.5. The first-order valence-electron chi connectivity index (χ1n) is 15.8. The average Bonchev–Trinajstić information content (AvgIpc) is 3.75. The summed E-state index contributed by atoms with van der Waals surface area (Å²) in [7, 11) is 1.70. The number of likely N-dealkylation sites (tertiary alicyclic amines) is 1. The summed E-state index contributed by atoms with van der Waals surface area (Å²) in [6.07, 6.45) is 1.55. The molecule has 9 nitrogen and oxygen atoms in total. The van der Waals surface area contributed by atoms with Crippen LogP contribution in [0, 0.1) is 11.3 Å². The van der Waals surface area contributed by atoms with Crippen LogP contribution >= 0.6 is 11.6 Å². The molecule has 4 heterocycles. The highest BCUT2D eigenvalue weighted by Crippen LogP contribution is 2.50. The maximum Gasteiger partial charge on any atom is 0.319 e. The van der Waals surface area contributed by atoms with Crippen molar-refractivity contribution in [3.8, 4) is 12.1 Å². The molecule has 1 aliphatic carbocycles. The summed E-state index contributed by atoms with van der Waals surface area (Å²) in [5, 5.41) is 12.2. The molecule has 3 aromatic rings. The van der Waals surface area contributed by atoms with Crippen LogP contribution in [0.2, 0.25) is 5.02 Å². The first-order valence-corrected chi connectivity index (χ1v) is 16.2. The van der Waals surface area contributed by atoms with Gasteiger partial charge in [-0.05, 0) is 43.8 Å². The second-order valence-electron chi connectivity index (χ2n) is 13.1. The summed E-state index contributed by atoms with van der Waals surface area (Å²) < 4.78 is 49.2. The Morgan fingerprint density at radius 2 is 1.91 bits per heavy atom. The highest BCUT2D eigenvalue weighted by molar-refractivity contribution is 6.36. The maximum atomic E-state index is 14.4. The van der Waals surface area contributed by atoms with Gasteiger partial charge in [0.1, 0.15) is 11.4 Å². The number of halogens is 4. The van der Waals surface area contributed by atoms with Crippen molar-refractivity contribution >= 4 is 39.8 Å². The molecule has 0 bridgehead atoms. The Bertz CT molecular complexity index is 1790. The van der Waals surface area contributed by atoms with E-state index < -0.39 is 35.3 Å². The topological polar surface area (TPSA) is 88.8 Å². The van der Waals surface area contributed by atoms with E-state index in [9.17, 15) is 23.2 Å². The number of nitriles is 1. The van der Waals surface area contributed by atoms with E-state index in [4.69, 9.17) is 26.3 Å². The van der Waals surface area contributed by atoms with E-state index in [2.05, 4.69) is 17.5 Å². The SMILES string of the molecule is C=C(F)C(=O)N1CCN(c2nc(OC3(C4CC(F)(F)CN4C)CC3)nc3c2CCN(c2cccc4cccc(Cl)c24)C3)C[C@@H]1CC#N. The lowest BCUT2D eigenvalue weighted by Gasteiger charge is -2.42. The van der Waals surface area contributed by atoms with Gasteiger partial charge >= 0.3 is 6.01 Å². The van der Waals surface area contributed by atoms with E-state index >= 15 is 0 Å². The molecule has 1 unspecified atom stereocenters. The molecule has 2 saturated heterocycles. The molecule has 3 aliphatic heterocycles. The fourth-order valence-corrected chi connectivity index (χ4v) is 7.85. The van der Waals surface area contributed by atoms with Gasteiger partial charge in [-0.25, -0.2) is 13.2 Å². The number of anilines is 2. The van der Waals surface area contributed by atoms with Gasteiger partial charge < -0.3 is 19.4 Å². The van der Waals surface area contributed by atoms with Crippen molar-refractivity contribution in [2.24, 2.45) is 0 Å². The van der Waals surface area contributed by atoms with Gasteiger partial charge in [0.2, 0.25) is 0 Å². The number of ether oxygens (including phenoxy) is 1. The van der Waals surface area contributed by atoms with E-state index in [0.717, 1.165) is 27.7 Å². The Hall–Kier alpha value is -4.08. The Morgan fingerprint density at radius 1 is 1.15 bits per heavy atom. The van der Waals surface area contributed by atoms with E-state index in [0.29, 0.717) is 49.7 Å². The third-order valence-electron chi connectivity index (χ3n) is 9.95. The summed E-state index contributed by atoms with van der Waals surface area (Å²) in [5.41, 5.74) is 1.82. The molecule has 2 aromatic carbocycles. The number of amides is 1. The van der Waals surface area contributed by atoms with Crippen LogP contribution < -0.4 is 14.5 Å². The first-order chi connectivity index (χ1) is 22.5. The average molecular weight is 666 g/mol. The quantitative estimate of drug-likeness (QED) is 0.306. The van der Waals surface area contributed by atoms with E-state index in [1.807, 2.05) is 41.3 Å². The molecule has 3 fully saturated rings. The Labute approximate surface area is 276 Å². The number of carbonyl (C=O) groups excluding carboxylic acids is 1. The second kappa shape index (κ2) is 11.9. The van der Waals surface area contributed by atoms with E-state index in [-0.39, 0.29) is 38.5 Å². The van der Waals surface area contributed by atoms with Crippen LogP contribution in [0.3, 0.4) is 0 Å². The van der Waals surface area contributed by atoms with Crippen LogP contribution in [0.15, 0.2) is 48.8 Å². The van der Waals surface area contributed by atoms with Gasteiger partial charge in [-0.1, -0.05) is 42.4 Å². The number of piperazine rings is 1. The Kier molecular flexibility index (Phi) is 7.96. The normalized spacial score (nSPS) is 23.4. The van der Waals surface area contributed by atoms with Crippen molar-refractivity contribution in [1.29, 1.82) is 5.26 Å². The minimum absolute atomic E-state index is 0.00705. The number of likely N-dealkylation sites (N-methyl/N-ethyl adjacent to an activating group) is 1. The van der Waals surface area contributed by atoms with Gasteiger partial charge in [-0.2, -0.15) is 15.2 Å². The summed E-state index contributed by atoms with van der Waals surface area (Å²) >= 11 is 6.68. The highest BCUT2D eigenvalue weighted by Gasteiger charge is 2.60. The lowest BCUT2D eigenvalue weighted by molar-refractivity contribution is -0.131. The molecule has 0 radical (unpaired) electrons. The Balaban J connectivity index is 1.25. The van der Waals surface area contributed by atoms with Gasteiger partial charge in [0.25, 0.3) is 11.8 Å². The van der Waals surface area contributed by atoms with Gasteiger partial charge in [0.15, 0.2) is 5.83 Å². The molecule has 1 aromatic heterocycles. The summed E-state index contributed by atoms with van der Waals surface area (Å²) in [5.74, 6) is -4.06. The van der Waals surface area contributed by atoms with Gasteiger partial charge in [-0.3, -0.25) is 9.69 Å². The van der Waals surface area contributed by atoms with Crippen LogP contribution in [0.1, 0.15) is 36.9 Å². The minimum Gasteiger partial charge on any atom is -0.455 e. The van der Waals surface area contributed by atoms with Crippen molar-refractivity contribution in [3.63, 3.8) is 0 Å². The maximum absolute atomic E-state index is 14.4. The number of fused-ring (bicyclic) bond motifs is 2. The zero-order valence-electron chi connectivity index (χ0n) is 26.1. The van der Waals surface area contributed by atoms with Crippen molar-refractivity contribution in [2.45, 2.75) is 62.3 Å². The fraction of sp³-hybridized carbons (Fsp3) is 0.471. The van der Waals surface area contributed by atoms with E-state index in [1.54, 1.807) is 11.9 Å². The molecule has 7 rings (SSSR count). The standard InChI is InChI=1S/C34H35ClF3N7O2/c1-21(36)31(46)45-16-15-44(18-23(45)9-13-39)30-24-10-14-43(27-8-4-6-22-5-3-7-25(35)29(22)27)19-26(24)40-32(41-30)47-33(11-12-33)28-17-34(37,38)20-42(28)2/h3-8,23,28H,1,9-12,14-20H2,2H3/t23-,28?/m0/s1. The summed E-state index contributed by atoms with van der Waals surface area (Å²) in [4.78, 5) is 29.6. The van der Waals surface area contributed by atoms with E-state index in [1.165, 1.54) is 4.90 Å². The highest BCUT2D eigenvalue weighted by atomic mass is 35.5. The number of aromatic nitrogens is 2. The summed E-state index contributed by atoms with van der Waals surface area (Å²) in [6, 6.07) is 13.1. The van der Waals surface area contributed by atoms with Crippen molar-refractivity contribution < 1.29 is 22.7 Å². The lowest BCUT2D eigenvalue weighted by atomic mass is 10.0. The molecule has 4 aliphatic rings. The van der Waals surface area contributed by atoms with Crippen molar-refractivity contribution in [1.82, 2.24) is 19.8 Å². The molecule has 13 heteroatoms. The van der Waals surface area contributed by atoms with Gasteiger partial charge in [0, 0.05) is 49.2 Å². The molecule has 2 atom stereocenters. The minimum atomic E-state index is -2.79. The smallest absolute Gasteiger partial charge is 0.319 e. The Morgan fingerprint density at radius 3 is 2.60 bits per heavy atom. The monoisotopic (exact) mass is 665 g/mol. The molecule has 0 N–H and O–H groups in total. The molecule has 1 saturated carbocycles. The summed E-state index contributed by atoms with van der Waals surface area (Å²) in [6.45, 7) is 4.69. The number of hydrogen-bond donors (Lipinski definition) is 0. The number of benzene rings is 2. The third-order valence-corrected chi connectivity index (χ3v) is 10.3. The van der Waals surface area contributed by atoms with Gasteiger partial charge in [-0.15, -0.1) is 0 Å². The molecule has 246 valence electrons. The fourth-order valence-electron chi connectivity index (χ4n) is 7.57. The number of hydrogen-bond acceptors (Lipinski definition) is 8. The predicted octanol–water partition coefficient (Wildman–Crippen LogP) is 5.51. The van der Waals surface area contributed by atoms with Crippen LogP contribution in [-0.2, 0) is 17.8 Å².